The molecule has 1 heterocycles. The minimum Gasteiger partial charge on any atom is -0.376 e. The van der Waals surface area contributed by atoms with Crippen LogP contribution in [0.5, 0.6) is 0 Å². The van der Waals surface area contributed by atoms with Gasteiger partial charge in [0.2, 0.25) is 0 Å². The van der Waals surface area contributed by atoms with E-state index in [9.17, 15) is 5.11 Å². The summed E-state index contributed by atoms with van der Waals surface area (Å²) in [5.41, 5.74) is 4.04. The molecular weight excluding hydrogens is 238 g/mol. The lowest BCUT2D eigenvalue weighted by atomic mass is 9.83. The summed E-state index contributed by atoms with van der Waals surface area (Å²) < 4.78 is 5.96. The summed E-state index contributed by atoms with van der Waals surface area (Å²) >= 11 is 0. The summed E-state index contributed by atoms with van der Waals surface area (Å²) in [7, 11) is 0. The molecule has 104 valence electrons. The predicted molar refractivity (Wildman–Crippen MR) is 75.0 cm³/mol. The molecule has 0 spiro atoms. The fourth-order valence-electron chi connectivity index (χ4n) is 3.49. The minimum absolute atomic E-state index is 0.138. The highest BCUT2D eigenvalue weighted by Crippen LogP contribution is 2.39. The summed E-state index contributed by atoms with van der Waals surface area (Å²) in [6.45, 7) is 5.67. The molecular formula is C16H23NO2. The summed E-state index contributed by atoms with van der Waals surface area (Å²) in [4.78, 5) is 2.24. The van der Waals surface area contributed by atoms with Crippen molar-refractivity contribution >= 4 is 0 Å². The first-order valence-electron chi connectivity index (χ1n) is 7.35. The van der Waals surface area contributed by atoms with E-state index >= 15 is 0 Å². The molecule has 0 saturated carbocycles. The van der Waals surface area contributed by atoms with Crippen LogP contribution in [0.25, 0.3) is 0 Å². The number of rotatable bonds is 2. The molecule has 1 aromatic carbocycles. The number of fused-ring (bicyclic) bond motifs is 3. The Balaban J connectivity index is 1.92. The number of morpholine rings is 1. The van der Waals surface area contributed by atoms with E-state index in [2.05, 4.69) is 36.9 Å². The molecule has 1 aromatic rings. The Kier molecular flexibility index (Phi) is 3.61. The molecule has 19 heavy (non-hydrogen) atoms. The van der Waals surface area contributed by atoms with Gasteiger partial charge in [0.1, 0.15) is 6.23 Å². The zero-order valence-electron chi connectivity index (χ0n) is 11.8. The van der Waals surface area contributed by atoms with Gasteiger partial charge in [-0.25, -0.2) is 0 Å². The summed E-state index contributed by atoms with van der Waals surface area (Å²) in [5, 5.41) is 10.1. The summed E-state index contributed by atoms with van der Waals surface area (Å²) in [6.07, 6.45) is 2.94. The van der Waals surface area contributed by atoms with Crippen molar-refractivity contribution in [1.29, 1.82) is 0 Å². The van der Waals surface area contributed by atoms with Crippen LogP contribution in [0.4, 0.5) is 0 Å². The fraction of sp³-hybridized carbons (Fsp3) is 0.625. The number of hydrogen-bond acceptors (Lipinski definition) is 3. The summed E-state index contributed by atoms with van der Waals surface area (Å²) in [5.74, 6) is 0. The standard InChI is InChI=1S/C16H23NO2/c1-3-8-17-14-7-6-12-5-4-11(2)9-13(12)16(14)19-10-15(17)18/h4-5,9,14-16,18H,3,6-8,10H2,1-2H3/t14-,15?,16-/m1/s1. The van der Waals surface area contributed by atoms with Crippen molar-refractivity contribution in [1.82, 2.24) is 4.90 Å². The first-order valence-corrected chi connectivity index (χ1v) is 7.35. The van der Waals surface area contributed by atoms with Crippen LogP contribution in [0.1, 0.15) is 42.6 Å². The second-order valence-electron chi connectivity index (χ2n) is 5.78. The van der Waals surface area contributed by atoms with Crippen LogP contribution in [-0.2, 0) is 11.2 Å². The minimum atomic E-state index is -0.437. The van der Waals surface area contributed by atoms with Crippen molar-refractivity contribution in [2.24, 2.45) is 0 Å². The third kappa shape index (κ3) is 2.31. The Morgan fingerprint density at radius 3 is 3.05 bits per heavy atom. The smallest absolute Gasteiger partial charge is 0.131 e. The summed E-state index contributed by atoms with van der Waals surface area (Å²) in [6, 6.07) is 7.01. The van der Waals surface area contributed by atoms with Crippen LogP contribution in [-0.4, -0.2) is 35.4 Å². The van der Waals surface area contributed by atoms with Crippen molar-refractivity contribution in [2.75, 3.05) is 13.2 Å². The molecule has 3 atom stereocenters. The highest BCUT2D eigenvalue weighted by atomic mass is 16.5. The normalized spacial score (nSPS) is 30.8. The molecule has 1 unspecified atom stereocenters. The Morgan fingerprint density at radius 2 is 2.26 bits per heavy atom. The molecule has 3 rings (SSSR count). The van der Waals surface area contributed by atoms with E-state index in [-0.39, 0.29) is 6.10 Å². The van der Waals surface area contributed by atoms with Crippen LogP contribution >= 0.6 is 0 Å². The largest absolute Gasteiger partial charge is 0.376 e. The van der Waals surface area contributed by atoms with Crippen molar-refractivity contribution in [3.63, 3.8) is 0 Å². The van der Waals surface area contributed by atoms with E-state index in [0.29, 0.717) is 12.6 Å². The van der Waals surface area contributed by atoms with Crippen molar-refractivity contribution < 1.29 is 9.84 Å². The first kappa shape index (κ1) is 13.1. The maximum Gasteiger partial charge on any atom is 0.131 e. The number of ether oxygens (including phenoxy) is 1. The highest BCUT2D eigenvalue weighted by molar-refractivity contribution is 5.36. The maximum absolute atomic E-state index is 10.1. The lowest BCUT2D eigenvalue weighted by molar-refractivity contribution is -0.177. The Hall–Kier alpha value is -0.900. The van der Waals surface area contributed by atoms with Gasteiger partial charge in [0.15, 0.2) is 0 Å². The van der Waals surface area contributed by atoms with Crippen molar-refractivity contribution in [2.45, 2.75) is 51.5 Å². The Morgan fingerprint density at radius 1 is 1.42 bits per heavy atom. The average Bonchev–Trinajstić information content (AvgIpc) is 2.41. The van der Waals surface area contributed by atoms with Gasteiger partial charge in [-0.2, -0.15) is 0 Å². The van der Waals surface area contributed by atoms with Crippen LogP contribution in [0.2, 0.25) is 0 Å². The van der Waals surface area contributed by atoms with Crippen molar-refractivity contribution in [3.8, 4) is 0 Å². The van der Waals surface area contributed by atoms with E-state index in [1.165, 1.54) is 16.7 Å². The number of benzene rings is 1. The van der Waals surface area contributed by atoms with Gasteiger partial charge in [0.05, 0.1) is 12.7 Å². The van der Waals surface area contributed by atoms with Crippen LogP contribution in [0.3, 0.4) is 0 Å². The number of aliphatic hydroxyl groups excluding tert-OH is 1. The molecule has 1 aliphatic heterocycles. The molecule has 2 aliphatic rings. The van der Waals surface area contributed by atoms with Crippen LogP contribution in [0.15, 0.2) is 18.2 Å². The lowest BCUT2D eigenvalue weighted by Gasteiger charge is -2.47. The second kappa shape index (κ2) is 5.23. The molecule has 0 radical (unpaired) electrons. The molecule has 1 fully saturated rings. The molecule has 3 nitrogen and oxygen atoms in total. The van der Waals surface area contributed by atoms with Gasteiger partial charge in [-0.3, -0.25) is 4.90 Å². The lowest BCUT2D eigenvalue weighted by Crippen LogP contribution is -2.54. The zero-order chi connectivity index (χ0) is 13.4. The molecule has 0 amide bonds. The van der Waals surface area contributed by atoms with Gasteiger partial charge in [-0.15, -0.1) is 0 Å². The first-order chi connectivity index (χ1) is 9.20. The van der Waals surface area contributed by atoms with Gasteiger partial charge in [-0.05, 0) is 37.3 Å². The van der Waals surface area contributed by atoms with E-state index in [0.717, 1.165) is 25.8 Å². The molecule has 1 N–H and O–H groups in total. The SMILES string of the molecule is CCCN1C(O)CO[C@@H]2c3cc(C)ccc3CC[C@H]21. The topological polar surface area (TPSA) is 32.7 Å². The van der Waals surface area contributed by atoms with E-state index in [1.807, 2.05) is 0 Å². The number of hydrogen-bond donors (Lipinski definition) is 1. The number of aryl methyl sites for hydroxylation is 2. The van der Waals surface area contributed by atoms with E-state index in [1.54, 1.807) is 0 Å². The molecule has 3 heteroatoms. The monoisotopic (exact) mass is 261 g/mol. The third-order valence-electron chi connectivity index (χ3n) is 4.38. The fourth-order valence-corrected chi connectivity index (χ4v) is 3.49. The maximum atomic E-state index is 10.1. The highest BCUT2D eigenvalue weighted by Gasteiger charge is 2.40. The Bertz CT molecular complexity index is 460. The molecule has 0 aromatic heterocycles. The molecule has 1 saturated heterocycles. The zero-order valence-corrected chi connectivity index (χ0v) is 11.8. The number of nitrogens with zero attached hydrogens (tertiary/aromatic N) is 1. The van der Waals surface area contributed by atoms with Crippen LogP contribution < -0.4 is 0 Å². The number of aliphatic hydroxyl groups is 1. The molecule has 0 bridgehead atoms. The van der Waals surface area contributed by atoms with Gasteiger partial charge in [0.25, 0.3) is 0 Å². The Labute approximate surface area is 115 Å². The van der Waals surface area contributed by atoms with E-state index < -0.39 is 6.23 Å². The second-order valence-corrected chi connectivity index (χ2v) is 5.78. The quantitative estimate of drug-likeness (QED) is 0.887. The van der Waals surface area contributed by atoms with Gasteiger partial charge in [0, 0.05) is 12.6 Å². The van der Waals surface area contributed by atoms with Crippen molar-refractivity contribution in [3.05, 3.63) is 34.9 Å². The predicted octanol–water partition coefficient (Wildman–Crippen LogP) is 2.41. The van der Waals surface area contributed by atoms with E-state index in [4.69, 9.17) is 4.74 Å². The van der Waals surface area contributed by atoms with Gasteiger partial charge in [-0.1, -0.05) is 30.7 Å². The van der Waals surface area contributed by atoms with Gasteiger partial charge >= 0.3 is 0 Å². The average molecular weight is 261 g/mol. The molecule has 1 aliphatic carbocycles. The third-order valence-corrected chi connectivity index (χ3v) is 4.38. The van der Waals surface area contributed by atoms with Crippen LogP contribution in [0, 0.1) is 6.92 Å². The van der Waals surface area contributed by atoms with Gasteiger partial charge < -0.3 is 9.84 Å².